The van der Waals surface area contributed by atoms with E-state index in [-0.39, 0.29) is 30.1 Å². The quantitative estimate of drug-likeness (QED) is 0.797. The second-order valence-electron chi connectivity index (χ2n) is 4.88. The van der Waals surface area contributed by atoms with Gasteiger partial charge in [0.05, 0.1) is 11.4 Å². The minimum absolute atomic E-state index is 0. The van der Waals surface area contributed by atoms with E-state index in [1.807, 2.05) is 0 Å². The first-order valence-electron chi connectivity index (χ1n) is 6.65. The van der Waals surface area contributed by atoms with Crippen molar-refractivity contribution < 1.29 is 9.59 Å². The maximum atomic E-state index is 12.2. The van der Waals surface area contributed by atoms with Crippen molar-refractivity contribution in [1.29, 1.82) is 0 Å². The minimum atomic E-state index is -0.190. The second-order valence-corrected chi connectivity index (χ2v) is 5.32. The molecule has 116 valence electrons. The minimum Gasteiger partial charge on any atom is -0.325 e. The largest absolute Gasteiger partial charge is 0.325 e. The van der Waals surface area contributed by atoms with Crippen molar-refractivity contribution in [2.75, 3.05) is 23.7 Å². The van der Waals surface area contributed by atoms with E-state index in [2.05, 4.69) is 16.0 Å². The van der Waals surface area contributed by atoms with Crippen LogP contribution >= 0.6 is 24.0 Å². The Labute approximate surface area is 135 Å². The molecule has 2 amide bonds. The van der Waals surface area contributed by atoms with Crippen LogP contribution in [-0.2, 0) is 9.59 Å². The molecular formula is C14H19Cl2N3O2. The first-order chi connectivity index (χ1) is 9.56. The van der Waals surface area contributed by atoms with Crippen LogP contribution in [0.4, 0.5) is 11.4 Å². The van der Waals surface area contributed by atoms with Gasteiger partial charge in [0.25, 0.3) is 0 Å². The van der Waals surface area contributed by atoms with Crippen LogP contribution in [0.1, 0.15) is 19.8 Å². The summed E-state index contributed by atoms with van der Waals surface area (Å²) in [6.07, 6.45) is 1.64. The molecule has 1 saturated heterocycles. The third kappa shape index (κ3) is 5.19. The Morgan fingerprint density at radius 1 is 1.19 bits per heavy atom. The van der Waals surface area contributed by atoms with E-state index in [4.69, 9.17) is 11.6 Å². The predicted octanol–water partition coefficient (Wildman–Crippen LogP) is 2.66. The standard InChI is InChI=1S/C14H18ClN3O2.ClH/c1-9(19)17-12-3-2-11(15)8-13(12)18-14(20)10-4-6-16-7-5-10;/h2-3,8,10,16H,4-7H2,1H3,(H,17,19)(H,18,20);1H. The van der Waals surface area contributed by atoms with Crippen LogP contribution in [-0.4, -0.2) is 24.9 Å². The molecule has 1 fully saturated rings. The van der Waals surface area contributed by atoms with Gasteiger partial charge in [-0.3, -0.25) is 9.59 Å². The van der Waals surface area contributed by atoms with Crippen molar-refractivity contribution in [3.05, 3.63) is 23.2 Å². The fraction of sp³-hybridized carbons (Fsp3) is 0.429. The molecule has 0 spiro atoms. The number of carbonyl (C=O) groups is 2. The molecule has 3 N–H and O–H groups in total. The second kappa shape index (κ2) is 8.22. The topological polar surface area (TPSA) is 70.2 Å². The summed E-state index contributed by atoms with van der Waals surface area (Å²) in [6, 6.07) is 5.00. The molecule has 1 aliphatic heterocycles. The van der Waals surface area contributed by atoms with Gasteiger partial charge in [0.15, 0.2) is 0 Å². The van der Waals surface area contributed by atoms with Gasteiger partial charge in [0.2, 0.25) is 11.8 Å². The maximum Gasteiger partial charge on any atom is 0.227 e. The number of nitrogens with one attached hydrogen (secondary N) is 3. The van der Waals surface area contributed by atoms with Gasteiger partial charge in [-0.1, -0.05) is 11.6 Å². The number of carbonyl (C=O) groups excluding carboxylic acids is 2. The monoisotopic (exact) mass is 331 g/mol. The van der Waals surface area contributed by atoms with E-state index >= 15 is 0 Å². The van der Waals surface area contributed by atoms with Crippen LogP contribution in [0.5, 0.6) is 0 Å². The van der Waals surface area contributed by atoms with Gasteiger partial charge in [0.1, 0.15) is 0 Å². The van der Waals surface area contributed by atoms with Gasteiger partial charge in [-0.05, 0) is 44.1 Å². The van der Waals surface area contributed by atoms with E-state index in [0.29, 0.717) is 16.4 Å². The zero-order valence-electron chi connectivity index (χ0n) is 11.7. The molecule has 1 aliphatic rings. The van der Waals surface area contributed by atoms with E-state index in [1.54, 1.807) is 18.2 Å². The highest BCUT2D eigenvalue weighted by Gasteiger charge is 2.21. The van der Waals surface area contributed by atoms with Gasteiger partial charge in [-0.25, -0.2) is 0 Å². The summed E-state index contributed by atoms with van der Waals surface area (Å²) in [7, 11) is 0. The Hall–Kier alpha value is -1.30. The van der Waals surface area contributed by atoms with Crippen molar-refractivity contribution in [3.8, 4) is 0 Å². The van der Waals surface area contributed by atoms with Crippen LogP contribution in [0.25, 0.3) is 0 Å². The van der Waals surface area contributed by atoms with E-state index in [0.717, 1.165) is 25.9 Å². The lowest BCUT2D eigenvalue weighted by Crippen LogP contribution is -2.34. The van der Waals surface area contributed by atoms with Gasteiger partial charge < -0.3 is 16.0 Å². The Bertz CT molecular complexity index is 517. The maximum absolute atomic E-state index is 12.2. The number of piperidine rings is 1. The molecule has 5 nitrogen and oxygen atoms in total. The molecule has 0 saturated carbocycles. The van der Waals surface area contributed by atoms with Gasteiger partial charge in [-0.2, -0.15) is 0 Å². The third-order valence-corrected chi connectivity index (χ3v) is 3.50. The molecule has 0 atom stereocenters. The summed E-state index contributed by atoms with van der Waals surface area (Å²) >= 11 is 5.95. The Morgan fingerprint density at radius 2 is 1.86 bits per heavy atom. The molecule has 0 radical (unpaired) electrons. The molecule has 0 aliphatic carbocycles. The predicted molar refractivity (Wildman–Crippen MR) is 87.2 cm³/mol. The smallest absolute Gasteiger partial charge is 0.227 e. The summed E-state index contributed by atoms with van der Waals surface area (Å²) in [5, 5.41) is 9.28. The average molecular weight is 332 g/mol. The molecule has 7 heteroatoms. The van der Waals surface area contributed by atoms with Crippen molar-refractivity contribution in [3.63, 3.8) is 0 Å². The Morgan fingerprint density at radius 3 is 2.48 bits per heavy atom. The molecular weight excluding hydrogens is 313 g/mol. The lowest BCUT2D eigenvalue weighted by Gasteiger charge is -2.22. The SMILES string of the molecule is CC(=O)Nc1ccc(Cl)cc1NC(=O)C1CCNCC1.Cl. The summed E-state index contributed by atoms with van der Waals surface area (Å²) in [6.45, 7) is 3.13. The van der Waals surface area contributed by atoms with Gasteiger partial charge >= 0.3 is 0 Å². The highest BCUT2D eigenvalue weighted by molar-refractivity contribution is 6.31. The highest BCUT2D eigenvalue weighted by atomic mass is 35.5. The zero-order chi connectivity index (χ0) is 14.5. The lowest BCUT2D eigenvalue weighted by molar-refractivity contribution is -0.120. The molecule has 0 unspecified atom stereocenters. The lowest BCUT2D eigenvalue weighted by atomic mass is 9.97. The van der Waals surface area contributed by atoms with Crippen LogP contribution in [0.15, 0.2) is 18.2 Å². The Balaban J connectivity index is 0.00000220. The first-order valence-corrected chi connectivity index (χ1v) is 7.03. The Kier molecular flexibility index (Phi) is 6.95. The van der Waals surface area contributed by atoms with Gasteiger partial charge in [0, 0.05) is 17.9 Å². The van der Waals surface area contributed by atoms with Crippen LogP contribution in [0, 0.1) is 5.92 Å². The number of anilines is 2. The fourth-order valence-electron chi connectivity index (χ4n) is 2.24. The molecule has 1 heterocycles. The highest BCUT2D eigenvalue weighted by Crippen LogP contribution is 2.27. The van der Waals surface area contributed by atoms with E-state index in [1.165, 1.54) is 6.92 Å². The number of amides is 2. The van der Waals surface area contributed by atoms with Crippen molar-refractivity contribution in [1.82, 2.24) is 5.32 Å². The zero-order valence-corrected chi connectivity index (χ0v) is 13.3. The first kappa shape index (κ1) is 17.8. The summed E-state index contributed by atoms with van der Waals surface area (Å²) in [5.74, 6) is -0.217. The van der Waals surface area contributed by atoms with Gasteiger partial charge in [-0.15, -0.1) is 12.4 Å². The summed E-state index contributed by atoms with van der Waals surface area (Å²) < 4.78 is 0. The number of benzene rings is 1. The average Bonchev–Trinajstić information content (AvgIpc) is 2.42. The number of hydrogen-bond acceptors (Lipinski definition) is 3. The van der Waals surface area contributed by atoms with Crippen LogP contribution in [0.2, 0.25) is 5.02 Å². The van der Waals surface area contributed by atoms with Crippen molar-refractivity contribution >= 4 is 47.2 Å². The fourth-order valence-corrected chi connectivity index (χ4v) is 2.41. The molecule has 0 bridgehead atoms. The molecule has 0 aromatic heterocycles. The normalized spacial score (nSPS) is 15.0. The number of rotatable bonds is 3. The van der Waals surface area contributed by atoms with E-state index < -0.39 is 0 Å². The molecule has 1 aromatic carbocycles. The number of halogens is 2. The molecule has 2 rings (SSSR count). The van der Waals surface area contributed by atoms with Crippen LogP contribution < -0.4 is 16.0 Å². The van der Waals surface area contributed by atoms with Crippen molar-refractivity contribution in [2.24, 2.45) is 5.92 Å². The van der Waals surface area contributed by atoms with E-state index in [9.17, 15) is 9.59 Å². The molecule has 21 heavy (non-hydrogen) atoms. The van der Waals surface area contributed by atoms with Crippen LogP contribution in [0.3, 0.4) is 0 Å². The summed E-state index contributed by atoms with van der Waals surface area (Å²) in [4.78, 5) is 23.4. The number of hydrogen-bond donors (Lipinski definition) is 3. The summed E-state index contributed by atoms with van der Waals surface area (Å²) in [5.41, 5.74) is 1.10. The third-order valence-electron chi connectivity index (χ3n) is 3.26. The van der Waals surface area contributed by atoms with Crippen molar-refractivity contribution in [2.45, 2.75) is 19.8 Å². The molecule has 1 aromatic rings.